The number of hydrogen-bond acceptors (Lipinski definition) is 3. The van der Waals surface area contributed by atoms with Crippen LogP contribution in [0.25, 0.3) is 22.0 Å². The van der Waals surface area contributed by atoms with Crippen LogP contribution in [0, 0.1) is 12.8 Å². The van der Waals surface area contributed by atoms with E-state index in [1.54, 1.807) is 6.07 Å². The zero-order chi connectivity index (χ0) is 22.3. The third-order valence-corrected chi connectivity index (χ3v) is 6.08. The lowest BCUT2D eigenvalue weighted by atomic mass is 9.84. The summed E-state index contributed by atoms with van der Waals surface area (Å²) in [5, 5.41) is 3.75. The quantitative estimate of drug-likeness (QED) is 0.477. The van der Waals surface area contributed by atoms with Crippen molar-refractivity contribution in [2.45, 2.75) is 26.2 Å². The maximum absolute atomic E-state index is 12.1. The van der Waals surface area contributed by atoms with Gasteiger partial charge in [-0.05, 0) is 66.6 Å². The molecule has 2 aromatic carbocycles. The third-order valence-electron chi connectivity index (χ3n) is 6.08. The Morgan fingerprint density at radius 3 is 2.61 bits per heavy atom. The van der Waals surface area contributed by atoms with Gasteiger partial charge in [0.1, 0.15) is 0 Å². The van der Waals surface area contributed by atoms with Crippen LogP contribution in [-0.4, -0.2) is 22.7 Å². The summed E-state index contributed by atoms with van der Waals surface area (Å²) < 4.78 is 0. The van der Waals surface area contributed by atoms with Crippen molar-refractivity contribution >= 4 is 34.3 Å². The summed E-state index contributed by atoms with van der Waals surface area (Å²) >= 11 is 0. The number of H-pyrrole nitrogens is 1. The average molecular weight is 416 g/mol. The molecule has 31 heavy (non-hydrogen) atoms. The van der Waals surface area contributed by atoms with Gasteiger partial charge in [-0.15, -0.1) is 0 Å². The first-order valence-electron chi connectivity index (χ1n) is 10.1. The number of aryl methyl sites for hydroxylation is 1. The Morgan fingerprint density at radius 1 is 1.16 bits per heavy atom. The molecular formula is C24H24N4O3. The van der Waals surface area contributed by atoms with Gasteiger partial charge in [0.25, 0.3) is 5.91 Å². The van der Waals surface area contributed by atoms with Crippen molar-refractivity contribution in [2.75, 3.05) is 5.32 Å². The topological polar surface area (TPSA) is 131 Å². The molecule has 1 aromatic heterocycles. The van der Waals surface area contributed by atoms with E-state index in [0.29, 0.717) is 36.0 Å². The fraction of sp³-hybridized carbons (Fsp3) is 0.208. The van der Waals surface area contributed by atoms with Gasteiger partial charge in [0.05, 0.1) is 11.1 Å². The number of fused-ring (bicyclic) bond motifs is 3. The number of carbonyl (C=O) groups is 3. The lowest BCUT2D eigenvalue weighted by Gasteiger charge is -2.20. The minimum atomic E-state index is -0.523. The van der Waals surface area contributed by atoms with E-state index >= 15 is 0 Å². The molecule has 0 fully saturated rings. The number of nitrogens with two attached hydrogens (primary N) is 2. The van der Waals surface area contributed by atoms with E-state index in [2.05, 4.69) is 16.9 Å². The Hall–Kier alpha value is -3.87. The van der Waals surface area contributed by atoms with Gasteiger partial charge in [0, 0.05) is 22.7 Å². The smallest absolute Gasteiger partial charge is 0.250 e. The highest BCUT2D eigenvalue weighted by atomic mass is 16.2. The van der Waals surface area contributed by atoms with Crippen LogP contribution in [0.3, 0.4) is 0 Å². The van der Waals surface area contributed by atoms with Crippen molar-refractivity contribution in [1.29, 1.82) is 0 Å². The summed E-state index contributed by atoms with van der Waals surface area (Å²) in [4.78, 5) is 39.0. The van der Waals surface area contributed by atoms with Crippen molar-refractivity contribution in [2.24, 2.45) is 17.4 Å². The van der Waals surface area contributed by atoms with Crippen LogP contribution in [0.5, 0.6) is 0 Å². The standard InChI is InChI=1S/C24H24N4O3/c1-3-20(29)27-18-6-4-5-14(12(18)2)15-9-10-17(24(26)31)22-21(15)16-8-7-13(23(25)30)11-19(16)28-22/h3-6,9-10,13,28H,1,7-8,11H2,2H3,(H2,25,30)(H2,26,31)(H,27,29)/t13-/m0/s1. The van der Waals surface area contributed by atoms with Gasteiger partial charge in [-0.25, -0.2) is 0 Å². The lowest BCUT2D eigenvalue weighted by Crippen LogP contribution is -2.28. The molecule has 0 saturated carbocycles. The van der Waals surface area contributed by atoms with E-state index in [9.17, 15) is 14.4 Å². The van der Waals surface area contributed by atoms with Crippen LogP contribution in [0.4, 0.5) is 5.69 Å². The highest BCUT2D eigenvalue weighted by Gasteiger charge is 2.28. The van der Waals surface area contributed by atoms with Gasteiger partial charge in [-0.1, -0.05) is 24.8 Å². The molecule has 0 unspecified atom stereocenters. The van der Waals surface area contributed by atoms with Gasteiger partial charge < -0.3 is 21.8 Å². The number of nitrogens with one attached hydrogen (secondary N) is 2. The van der Waals surface area contributed by atoms with Gasteiger partial charge >= 0.3 is 0 Å². The van der Waals surface area contributed by atoms with Gasteiger partial charge in [-0.2, -0.15) is 0 Å². The predicted octanol–water partition coefficient (Wildman–Crippen LogP) is 2.96. The van der Waals surface area contributed by atoms with E-state index < -0.39 is 5.91 Å². The number of rotatable bonds is 5. The Kier molecular flexibility index (Phi) is 5.10. The van der Waals surface area contributed by atoms with Gasteiger partial charge in [-0.3, -0.25) is 14.4 Å². The maximum Gasteiger partial charge on any atom is 0.250 e. The molecule has 0 saturated heterocycles. The van der Waals surface area contributed by atoms with Crippen molar-refractivity contribution in [1.82, 2.24) is 4.98 Å². The van der Waals surface area contributed by atoms with Crippen LogP contribution < -0.4 is 16.8 Å². The van der Waals surface area contributed by atoms with Gasteiger partial charge in [0.15, 0.2) is 0 Å². The number of primary amides is 2. The molecule has 0 aliphatic heterocycles. The number of amides is 3. The van der Waals surface area contributed by atoms with Crippen molar-refractivity contribution in [3.63, 3.8) is 0 Å². The molecule has 3 amide bonds. The molecule has 1 aliphatic rings. The van der Waals surface area contributed by atoms with Crippen LogP contribution in [-0.2, 0) is 22.4 Å². The molecule has 158 valence electrons. The molecule has 3 aromatic rings. The number of aromatic nitrogens is 1. The first-order valence-corrected chi connectivity index (χ1v) is 10.1. The first-order chi connectivity index (χ1) is 14.8. The van der Waals surface area contributed by atoms with Crippen LogP contribution in [0.2, 0.25) is 0 Å². The second kappa shape index (κ2) is 7.75. The summed E-state index contributed by atoms with van der Waals surface area (Å²) in [6, 6.07) is 9.28. The molecule has 6 N–H and O–H groups in total. The molecule has 1 heterocycles. The molecule has 4 rings (SSSR count). The fourth-order valence-electron chi connectivity index (χ4n) is 4.46. The monoisotopic (exact) mass is 416 g/mol. The molecular weight excluding hydrogens is 392 g/mol. The maximum atomic E-state index is 12.1. The zero-order valence-corrected chi connectivity index (χ0v) is 17.2. The number of aromatic amines is 1. The number of carbonyl (C=O) groups excluding carboxylic acids is 3. The SMILES string of the molecule is C=CC(=O)Nc1cccc(-c2ccc(C(N)=O)c3[nH]c4c(c23)CC[C@H](C(N)=O)C4)c1C. The summed E-state index contributed by atoms with van der Waals surface area (Å²) in [6.07, 6.45) is 3.06. The molecule has 7 heteroatoms. The number of anilines is 1. The zero-order valence-electron chi connectivity index (χ0n) is 17.2. The summed E-state index contributed by atoms with van der Waals surface area (Å²) in [5.74, 6) is -1.36. The summed E-state index contributed by atoms with van der Waals surface area (Å²) in [6.45, 7) is 5.44. The number of hydrogen-bond donors (Lipinski definition) is 4. The van der Waals surface area contributed by atoms with Crippen LogP contribution in [0.15, 0.2) is 43.0 Å². The highest BCUT2D eigenvalue weighted by molar-refractivity contribution is 6.11. The lowest BCUT2D eigenvalue weighted by molar-refractivity contribution is -0.122. The van der Waals surface area contributed by atoms with E-state index in [0.717, 1.165) is 33.3 Å². The number of benzene rings is 2. The molecule has 1 atom stereocenters. The minimum absolute atomic E-state index is 0.236. The predicted molar refractivity (Wildman–Crippen MR) is 121 cm³/mol. The Morgan fingerprint density at radius 2 is 1.94 bits per heavy atom. The molecule has 0 spiro atoms. The Bertz CT molecular complexity index is 1260. The summed E-state index contributed by atoms with van der Waals surface area (Å²) in [7, 11) is 0. The van der Waals surface area contributed by atoms with Crippen LogP contribution in [0.1, 0.15) is 33.6 Å². The third kappa shape index (κ3) is 3.48. The second-order valence-corrected chi connectivity index (χ2v) is 7.87. The first kappa shape index (κ1) is 20.4. The summed E-state index contributed by atoms with van der Waals surface area (Å²) in [5.41, 5.74) is 17.7. The highest BCUT2D eigenvalue weighted by Crippen LogP contribution is 2.40. The Balaban J connectivity index is 1.95. The van der Waals surface area contributed by atoms with E-state index in [1.807, 2.05) is 31.2 Å². The van der Waals surface area contributed by atoms with E-state index in [1.165, 1.54) is 6.08 Å². The van der Waals surface area contributed by atoms with E-state index in [-0.39, 0.29) is 17.7 Å². The van der Waals surface area contributed by atoms with Crippen molar-refractivity contribution in [3.8, 4) is 11.1 Å². The average Bonchev–Trinajstić information content (AvgIpc) is 3.13. The van der Waals surface area contributed by atoms with Crippen molar-refractivity contribution < 1.29 is 14.4 Å². The normalized spacial score (nSPS) is 15.3. The second-order valence-electron chi connectivity index (χ2n) is 7.87. The van der Waals surface area contributed by atoms with Crippen LogP contribution >= 0.6 is 0 Å². The molecule has 1 aliphatic carbocycles. The van der Waals surface area contributed by atoms with E-state index in [4.69, 9.17) is 11.5 Å². The molecule has 7 nitrogen and oxygen atoms in total. The largest absolute Gasteiger partial charge is 0.369 e. The fourth-order valence-corrected chi connectivity index (χ4v) is 4.46. The molecule has 0 bridgehead atoms. The van der Waals surface area contributed by atoms with Crippen molar-refractivity contribution in [3.05, 3.63) is 65.4 Å². The minimum Gasteiger partial charge on any atom is -0.369 e. The Labute approximate surface area is 179 Å². The molecule has 0 radical (unpaired) electrons. The van der Waals surface area contributed by atoms with Gasteiger partial charge in [0.2, 0.25) is 11.8 Å².